The van der Waals surface area contributed by atoms with Crippen LogP contribution in [0.25, 0.3) is 0 Å². The zero-order valence-corrected chi connectivity index (χ0v) is 9.19. The van der Waals surface area contributed by atoms with E-state index in [4.69, 9.17) is 4.74 Å². The van der Waals surface area contributed by atoms with Crippen LogP contribution in [0, 0.1) is 0 Å². The van der Waals surface area contributed by atoms with Crippen LogP contribution in [0.15, 0.2) is 0 Å². The third-order valence-electron chi connectivity index (χ3n) is 1.62. The molecule has 0 aliphatic rings. The third-order valence-corrected chi connectivity index (χ3v) is 1.62. The molecule has 0 bridgehead atoms. The summed E-state index contributed by atoms with van der Waals surface area (Å²) in [7, 11) is 0. The summed E-state index contributed by atoms with van der Waals surface area (Å²) in [6.07, 6.45) is -2.44. The Bertz CT molecular complexity index is 198. The number of hydrogen-bond acceptors (Lipinski definition) is 2. The fourth-order valence-electron chi connectivity index (χ4n) is 0.828. The molecule has 2 N–H and O–H groups in total. The Balaban J connectivity index is 3.31. The van der Waals surface area contributed by atoms with Gasteiger partial charge in [0.25, 0.3) is 0 Å². The standard InChI is InChI=1S/C9H17F3N2O2/c1-2-3-5-16-6-4-13-8(15)14-7-9(10,11)12/h2-7H2,1H3,(H2,13,14,15). The van der Waals surface area contributed by atoms with Crippen LogP contribution in [-0.4, -0.2) is 38.5 Å². The number of carbonyl (C=O) groups is 1. The molecule has 2 amide bonds. The lowest BCUT2D eigenvalue weighted by Crippen LogP contribution is -2.41. The zero-order valence-electron chi connectivity index (χ0n) is 9.19. The second kappa shape index (κ2) is 8.20. The molecule has 4 nitrogen and oxygen atoms in total. The van der Waals surface area contributed by atoms with Crippen LogP contribution < -0.4 is 10.6 Å². The minimum absolute atomic E-state index is 0.202. The molecule has 0 aromatic heterocycles. The van der Waals surface area contributed by atoms with Gasteiger partial charge in [0.2, 0.25) is 0 Å². The van der Waals surface area contributed by atoms with E-state index in [9.17, 15) is 18.0 Å². The maximum Gasteiger partial charge on any atom is 0.405 e. The lowest BCUT2D eigenvalue weighted by molar-refractivity contribution is -0.122. The third kappa shape index (κ3) is 11.1. The van der Waals surface area contributed by atoms with Gasteiger partial charge < -0.3 is 15.4 Å². The topological polar surface area (TPSA) is 50.4 Å². The van der Waals surface area contributed by atoms with Crippen molar-refractivity contribution in [1.29, 1.82) is 0 Å². The molecule has 0 saturated heterocycles. The summed E-state index contributed by atoms with van der Waals surface area (Å²) in [6, 6.07) is -0.837. The minimum Gasteiger partial charge on any atom is -0.380 e. The predicted molar refractivity (Wildman–Crippen MR) is 53.2 cm³/mol. The first-order valence-corrected chi connectivity index (χ1v) is 5.12. The van der Waals surface area contributed by atoms with E-state index in [1.54, 1.807) is 5.32 Å². The first-order valence-electron chi connectivity index (χ1n) is 5.12. The zero-order chi connectivity index (χ0) is 12.4. The first-order chi connectivity index (χ1) is 7.45. The van der Waals surface area contributed by atoms with Crippen molar-refractivity contribution < 1.29 is 22.7 Å². The Hall–Kier alpha value is -0.980. The highest BCUT2D eigenvalue weighted by Gasteiger charge is 2.27. The predicted octanol–water partition coefficient (Wildman–Crippen LogP) is 1.66. The van der Waals surface area contributed by atoms with Gasteiger partial charge in [0.15, 0.2) is 0 Å². The Morgan fingerprint density at radius 3 is 2.50 bits per heavy atom. The molecular formula is C9H17F3N2O2. The number of rotatable bonds is 7. The van der Waals surface area contributed by atoms with Crippen LogP contribution >= 0.6 is 0 Å². The van der Waals surface area contributed by atoms with Crippen LogP contribution in [0.3, 0.4) is 0 Å². The van der Waals surface area contributed by atoms with E-state index < -0.39 is 18.8 Å². The maximum atomic E-state index is 11.7. The molecule has 0 atom stereocenters. The molecule has 0 radical (unpaired) electrons. The number of nitrogens with one attached hydrogen (secondary N) is 2. The SMILES string of the molecule is CCCCOCCNC(=O)NCC(F)(F)F. The van der Waals surface area contributed by atoms with Gasteiger partial charge in [-0.2, -0.15) is 13.2 Å². The fourth-order valence-corrected chi connectivity index (χ4v) is 0.828. The average Bonchev–Trinajstić information content (AvgIpc) is 2.19. The summed E-state index contributed by atoms with van der Waals surface area (Å²) in [4.78, 5) is 10.8. The average molecular weight is 242 g/mol. The molecule has 0 saturated carbocycles. The van der Waals surface area contributed by atoms with E-state index >= 15 is 0 Å². The molecule has 0 unspecified atom stereocenters. The van der Waals surface area contributed by atoms with Crippen LogP contribution in [0.5, 0.6) is 0 Å². The molecule has 0 aromatic rings. The van der Waals surface area contributed by atoms with Crippen molar-refractivity contribution in [3.05, 3.63) is 0 Å². The van der Waals surface area contributed by atoms with E-state index in [-0.39, 0.29) is 6.54 Å². The van der Waals surface area contributed by atoms with Gasteiger partial charge in [0.05, 0.1) is 6.61 Å². The molecule has 0 fully saturated rings. The van der Waals surface area contributed by atoms with Crippen molar-refractivity contribution in [1.82, 2.24) is 10.6 Å². The molecule has 0 aliphatic heterocycles. The highest BCUT2D eigenvalue weighted by molar-refractivity contribution is 5.73. The number of carbonyl (C=O) groups excluding carboxylic acids is 1. The smallest absolute Gasteiger partial charge is 0.380 e. The van der Waals surface area contributed by atoms with Gasteiger partial charge in [0.1, 0.15) is 6.54 Å². The van der Waals surface area contributed by atoms with Crippen molar-refractivity contribution in [3.8, 4) is 0 Å². The van der Waals surface area contributed by atoms with Gasteiger partial charge in [-0.25, -0.2) is 4.79 Å². The highest BCUT2D eigenvalue weighted by Crippen LogP contribution is 2.11. The summed E-state index contributed by atoms with van der Waals surface area (Å²) < 4.78 is 40.1. The van der Waals surface area contributed by atoms with E-state index in [1.165, 1.54) is 0 Å². The van der Waals surface area contributed by atoms with Gasteiger partial charge in [-0.05, 0) is 6.42 Å². The summed E-state index contributed by atoms with van der Waals surface area (Å²) in [5.74, 6) is 0. The van der Waals surface area contributed by atoms with Crippen molar-refractivity contribution in [2.75, 3.05) is 26.3 Å². The quantitative estimate of drug-likeness (QED) is 0.667. The molecule has 0 spiro atoms. The Morgan fingerprint density at radius 1 is 1.25 bits per heavy atom. The van der Waals surface area contributed by atoms with Crippen LogP contribution in [-0.2, 0) is 4.74 Å². The number of unbranched alkanes of at least 4 members (excludes halogenated alkanes) is 1. The van der Waals surface area contributed by atoms with Crippen molar-refractivity contribution in [2.45, 2.75) is 25.9 Å². The number of alkyl halides is 3. The van der Waals surface area contributed by atoms with Crippen molar-refractivity contribution in [3.63, 3.8) is 0 Å². The van der Waals surface area contributed by atoms with Crippen LogP contribution in [0.1, 0.15) is 19.8 Å². The van der Waals surface area contributed by atoms with Crippen molar-refractivity contribution in [2.24, 2.45) is 0 Å². The summed E-state index contributed by atoms with van der Waals surface area (Å²) >= 11 is 0. The first kappa shape index (κ1) is 15.0. The summed E-state index contributed by atoms with van der Waals surface area (Å²) in [5.41, 5.74) is 0. The lowest BCUT2D eigenvalue weighted by Gasteiger charge is -2.09. The summed E-state index contributed by atoms with van der Waals surface area (Å²) in [6.45, 7) is 1.80. The highest BCUT2D eigenvalue weighted by atomic mass is 19.4. The van der Waals surface area contributed by atoms with E-state index in [0.29, 0.717) is 13.2 Å². The Kier molecular flexibility index (Phi) is 7.70. The molecule has 0 rings (SSSR count). The molecule has 7 heteroatoms. The number of hydrogen-bond donors (Lipinski definition) is 2. The second-order valence-corrected chi connectivity index (χ2v) is 3.19. The molecule has 96 valence electrons. The van der Waals surface area contributed by atoms with Gasteiger partial charge >= 0.3 is 12.2 Å². The molecular weight excluding hydrogens is 225 g/mol. The van der Waals surface area contributed by atoms with Crippen LogP contribution in [0.4, 0.5) is 18.0 Å². The lowest BCUT2D eigenvalue weighted by atomic mass is 10.4. The molecule has 16 heavy (non-hydrogen) atoms. The molecule has 0 heterocycles. The van der Waals surface area contributed by atoms with Gasteiger partial charge in [0, 0.05) is 13.2 Å². The van der Waals surface area contributed by atoms with Gasteiger partial charge in [-0.1, -0.05) is 13.3 Å². The molecule has 0 aromatic carbocycles. The summed E-state index contributed by atoms with van der Waals surface area (Å²) in [5, 5.41) is 3.95. The monoisotopic (exact) mass is 242 g/mol. The van der Waals surface area contributed by atoms with Gasteiger partial charge in [-0.3, -0.25) is 0 Å². The normalized spacial score (nSPS) is 11.2. The second-order valence-electron chi connectivity index (χ2n) is 3.19. The number of amides is 2. The maximum absolute atomic E-state index is 11.7. The van der Waals surface area contributed by atoms with Crippen LogP contribution in [0.2, 0.25) is 0 Å². The van der Waals surface area contributed by atoms with Crippen molar-refractivity contribution >= 4 is 6.03 Å². The fraction of sp³-hybridized carbons (Fsp3) is 0.889. The Morgan fingerprint density at radius 2 is 1.94 bits per heavy atom. The van der Waals surface area contributed by atoms with E-state index in [0.717, 1.165) is 12.8 Å². The Labute approximate surface area is 92.5 Å². The number of ether oxygens (including phenoxy) is 1. The largest absolute Gasteiger partial charge is 0.405 e. The van der Waals surface area contributed by atoms with E-state index in [1.807, 2.05) is 6.92 Å². The van der Waals surface area contributed by atoms with E-state index in [2.05, 4.69) is 5.32 Å². The molecule has 0 aliphatic carbocycles. The minimum atomic E-state index is -4.38. The van der Waals surface area contributed by atoms with Gasteiger partial charge in [-0.15, -0.1) is 0 Å². The number of urea groups is 1. The number of halogens is 3.